The first-order chi connectivity index (χ1) is 7.97. The van der Waals surface area contributed by atoms with E-state index >= 15 is 0 Å². The fourth-order valence-electron chi connectivity index (χ4n) is 1.74. The highest BCUT2D eigenvalue weighted by Crippen LogP contribution is 2.23. The monoisotopic (exact) mass is 254 g/mol. The van der Waals surface area contributed by atoms with E-state index in [2.05, 4.69) is 12.2 Å². The second-order valence-corrected chi connectivity index (χ2v) is 4.68. The number of likely N-dealkylation sites (N-methyl/N-ethyl adjacent to an activating group) is 1. The van der Waals surface area contributed by atoms with E-state index in [0.29, 0.717) is 0 Å². The van der Waals surface area contributed by atoms with Gasteiger partial charge in [-0.1, -0.05) is 30.7 Å². The van der Waals surface area contributed by atoms with Gasteiger partial charge in [-0.15, -0.1) is 0 Å². The molecule has 0 saturated heterocycles. The first kappa shape index (κ1) is 13.8. The average Bonchev–Trinajstić information content (AvgIpc) is 2.36. The fourth-order valence-corrected chi connectivity index (χ4v) is 1.87. The van der Waals surface area contributed by atoms with Crippen LogP contribution in [0.1, 0.15) is 25.3 Å². The van der Waals surface area contributed by atoms with Crippen molar-refractivity contribution in [2.24, 2.45) is 0 Å². The summed E-state index contributed by atoms with van der Waals surface area (Å²) in [6.45, 7) is 4.14. The van der Waals surface area contributed by atoms with E-state index in [1.54, 1.807) is 19.0 Å². The normalized spacial score (nSPS) is 13.9. The van der Waals surface area contributed by atoms with Crippen molar-refractivity contribution in [3.63, 3.8) is 0 Å². The quantitative estimate of drug-likeness (QED) is 0.883. The summed E-state index contributed by atoms with van der Waals surface area (Å²) in [5.74, 6) is 0.259. The van der Waals surface area contributed by atoms with Gasteiger partial charge in [-0.2, -0.15) is 0 Å². The van der Waals surface area contributed by atoms with Crippen molar-refractivity contribution in [3.8, 4) is 0 Å². The number of urea groups is 1. The van der Waals surface area contributed by atoms with Crippen LogP contribution in [-0.2, 0) is 0 Å². The molecule has 0 aliphatic rings. The lowest BCUT2D eigenvalue weighted by Crippen LogP contribution is -2.43. The number of carbonyl (C=O) groups is 1. The van der Waals surface area contributed by atoms with E-state index in [-0.39, 0.29) is 18.0 Å². The second kappa shape index (κ2) is 5.92. The molecule has 0 saturated carbocycles. The molecule has 0 heterocycles. The number of nitrogens with one attached hydrogen (secondary N) is 1. The van der Waals surface area contributed by atoms with Crippen molar-refractivity contribution >= 4 is 17.6 Å². The largest absolute Gasteiger partial charge is 0.341 e. The Labute approximate surface area is 108 Å². The van der Waals surface area contributed by atoms with Gasteiger partial charge in [-0.05, 0) is 24.6 Å². The van der Waals surface area contributed by atoms with Gasteiger partial charge in [0.15, 0.2) is 0 Å². The minimum Gasteiger partial charge on any atom is -0.341 e. The summed E-state index contributed by atoms with van der Waals surface area (Å²) in [7, 11) is 3.44. The number of hydrogen-bond acceptors (Lipinski definition) is 1. The van der Waals surface area contributed by atoms with E-state index in [9.17, 15) is 4.79 Å². The molecule has 1 rings (SSSR count). The summed E-state index contributed by atoms with van der Waals surface area (Å²) in [6.07, 6.45) is 0. The molecule has 17 heavy (non-hydrogen) atoms. The van der Waals surface area contributed by atoms with Crippen LogP contribution in [0.4, 0.5) is 4.79 Å². The van der Waals surface area contributed by atoms with Crippen LogP contribution in [0, 0.1) is 0 Å². The molecule has 2 atom stereocenters. The predicted octanol–water partition coefficient (Wildman–Crippen LogP) is 3.10. The number of carbonyl (C=O) groups excluding carboxylic acids is 1. The zero-order valence-corrected chi connectivity index (χ0v) is 11.5. The molecule has 0 bridgehead atoms. The average molecular weight is 255 g/mol. The Morgan fingerprint density at radius 3 is 2.29 bits per heavy atom. The summed E-state index contributed by atoms with van der Waals surface area (Å²) >= 11 is 5.86. The highest BCUT2D eigenvalue weighted by atomic mass is 35.5. The molecule has 1 N–H and O–H groups in total. The van der Waals surface area contributed by atoms with Gasteiger partial charge in [-0.25, -0.2) is 4.79 Å². The molecular formula is C13H19ClN2O. The van der Waals surface area contributed by atoms with Crippen LogP contribution in [0.25, 0.3) is 0 Å². The standard InChI is InChI=1S/C13H19ClN2O/c1-9(10(2)16(4)13(17)15-3)11-5-7-12(14)8-6-11/h5-10H,1-4H3,(H,15,17)/t9-,10-/m1/s1. The lowest BCUT2D eigenvalue weighted by molar-refractivity contribution is 0.189. The third-order valence-corrected chi connectivity index (χ3v) is 3.52. The van der Waals surface area contributed by atoms with Crippen molar-refractivity contribution in [3.05, 3.63) is 34.9 Å². The van der Waals surface area contributed by atoms with Crippen molar-refractivity contribution < 1.29 is 4.79 Å². The molecule has 3 nitrogen and oxygen atoms in total. The molecular weight excluding hydrogens is 236 g/mol. The number of amides is 2. The highest BCUT2D eigenvalue weighted by molar-refractivity contribution is 6.30. The summed E-state index contributed by atoms with van der Waals surface area (Å²) in [5, 5.41) is 3.36. The van der Waals surface area contributed by atoms with Crippen molar-refractivity contribution in [1.82, 2.24) is 10.2 Å². The molecule has 4 heteroatoms. The van der Waals surface area contributed by atoms with Crippen LogP contribution >= 0.6 is 11.6 Å². The van der Waals surface area contributed by atoms with Gasteiger partial charge in [0.1, 0.15) is 0 Å². The van der Waals surface area contributed by atoms with Gasteiger partial charge in [0.05, 0.1) is 0 Å². The first-order valence-electron chi connectivity index (χ1n) is 5.67. The Kier molecular flexibility index (Phi) is 4.82. The van der Waals surface area contributed by atoms with Crippen LogP contribution in [0.5, 0.6) is 0 Å². The third kappa shape index (κ3) is 3.37. The second-order valence-electron chi connectivity index (χ2n) is 4.25. The van der Waals surface area contributed by atoms with Crippen LogP contribution in [0.3, 0.4) is 0 Å². The van der Waals surface area contributed by atoms with E-state index in [0.717, 1.165) is 5.02 Å². The summed E-state index contributed by atoms with van der Waals surface area (Å²) in [6, 6.07) is 7.80. The maximum atomic E-state index is 11.5. The van der Waals surface area contributed by atoms with Crippen molar-refractivity contribution in [2.45, 2.75) is 25.8 Å². The lowest BCUT2D eigenvalue weighted by Gasteiger charge is -2.29. The number of rotatable bonds is 3. The molecule has 0 unspecified atom stereocenters. The molecule has 0 aliphatic carbocycles. The van der Waals surface area contributed by atoms with E-state index in [4.69, 9.17) is 11.6 Å². The highest BCUT2D eigenvalue weighted by Gasteiger charge is 2.21. The van der Waals surface area contributed by atoms with E-state index in [1.165, 1.54) is 5.56 Å². The number of hydrogen-bond donors (Lipinski definition) is 1. The smallest absolute Gasteiger partial charge is 0.317 e. The molecule has 0 radical (unpaired) electrons. The minimum absolute atomic E-state index is 0.0710. The Morgan fingerprint density at radius 1 is 1.29 bits per heavy atom. The van der Waals surface area contributed by atoms with Crippen molar-refractivity contribution in [1.29, 1.82) is 0 Å². The molecule has 0 fully saturated rings. The van der Waals surface area contributed by atoms with E-state index in [1.807, 2.05) is 31.2 Å². The van der Waals surface area contributed by atoms with Crippen LogP contribution in [-0.4, -0.2) is 31.1 Å². The van der Waals surface area contributed by atoms with Gasteiger partial charge in [0, 0.05) is 31.1 Å². The minimum atomic E-state index is -0.0710. The summed E-state index contributed by atoms with van der Waals surface area (Å²) in [4.78, 5) is 13.2. The van der Waals surface area contributed by atoms with E-state index < -0.39 is 0 Å². The summed E-state index contributed by atoms with van der Waals surface area (Å²) < 4.78 is 0. The van der Waals surface area contributed by atoms with Gasteiger partial charge in [0.2, 0.25) is 0 Å². The molecule has 1 aromatic carbocycles. The Hall–Kier alpha value is -1.22. The Balaban J connectivity index is 2.78. The number of halogens is 1. The Bertz CT molecular complexity index is 378. The lowest BCUT2D eigenvalue weighted by atomic mass is 9.94. The molecule has 0 aliphatic heterocycles. The van der Waals surface area contributed by atoms with Gasteiger partial charge >= 0.3 is 6.03 Å². The zero-order chi connectivity index (χ0) is 13.0. The maximum absolute atomic E-state index is 11.5. The summed E-state index contributed by atoms with van der Waals surface area (Å²) in [5.41, 5.74) is 1.18. The zero-order valence-electron chi connectivity index (χ0n) is 10.7. The molecule has 94 valence electrons. The maximum Gasteiger partial charge on any atom is 0.317 e. The van der Waals surface area contributed by atoms with Crippen LogP contribution in [0.15, 0.2) is 24.3 Å². The fraction of sp³-hybridized carbons (Fsp3) is 0.462. The van der Waals surface area contributed by atoms with Crippen molar-refractivity contribution in [2.75, 3.05) is 14.1 Å². The SMILES string of the molecule is CNC(=O)N(C)[C@H](C)[C@@H](C)c1ccc(Cl)cc1. The number of benzene rings is 1. The topological polar surface area (TPSA) is 32.3 Å². The molecule has 0 aromatic heterocycles. The molecule has 0 spiro atoms. The number of nitrogens with zero attached hydrogens (tertiary/aromatic N) is 1. The van der Waals surface area contributed by atoms with Crippen LogP contribution < -0.4 is 5.32 Å². The van der Waals surface area contributed by atoms with Crippen LogP contribution in [0.2, 0.25) is 5.02 Å². The first-order valence-corrected chi connectivity index (χ1v) is 6.05. The third-order valence-electron chi connectivity index (χ3n) is 3.26. The molecule has 2 amide bonds. The van der Waals surface area contributed by atoms with Gasteiger partial charge in [-0.3, -0.25) is 0 Å². The van der Waals surface area contributed by atoms with Gasteiger partial charge in [0.25, 0.3) is 0 Å². The Morgan fingerprint density at radius 2 is 1.82 bits per heavy atom. The molecule has 1 aromatic rings. The van der Waals surface area contributed by atoms with Gasteiger partial charge < -0.3 is 10.2 Å². The predicted molar refractivity (Wildman–Crippen MR) is 71.5 cm³/mol.